The molecule has 0 saturated carbocycles. The van der Waals surface area contributed by atoms with Crippen molar-refractivity contribution in [1.29, 1.82) is 0 Å². The molecule has 0 spiro atoms. The van der Waals surface area contributed by atoms with E-state index < -0.39 is 18.0 Å². The number of carbonyl (C=O) groups is 4. The highest BCUT2D eigenvalue weighted by atomic mass is 16.5. The van der Waals surface area contributed by atoms with E-state index in [1.54, 1.807) is 21.9 Å². The lowest BCUT2D eigenvalue weighted by atomic mass is 10.1. The minimum Gasteiger partial charge on any atom is -0.453 e. The van der Waals surface area contributed by atoms with Crippen LogP contribution in [0.4, 0.5) is 5.69 Å². The van der Waals surface area contributed by atoms with Gasteiger partial charge in [-0.3, -0.25) is 19.2 Å². The lowest BCUT2D eigenvalue weighted by Crippen LogP contribution is -2.50. The summed E-state index contributed by atoms with van der Waals surface area (Å²) in [4.78, 5) is 51.1. The van der Waals surface area contributed by atoms with Crippen molar-refractivity contribution < 1.29 is 23.9 Å². The van der Waals surface area contributed by atoms with Gasteiger partial charge >= 0.3 is 5.97 Å². The van der Waals surface area contributed by atoms with Crippen molar-refractivity contribution in [2.45, 2.75) is 46.1 Å². The van der Waals surface area contributed by atoms with Crippen LogP contribution in [0.1, 0.15) is 39.2 Å². The van der Waals surface area contributed by atoms with E-state index in [1.165, 1.54) is 13.8 Å². The summed E-state index contributed by atoms with van der Waals surface area (Å²) in [6, 6.07) is 7.45. The fourth-order valence-electron chi connectivity index (χ4n) is 3.02. The monoisotopic (exact) mass is 403 g/mol. The first kappa shape index (κ1) is 22.4. The van der Waals surface area contributed by atoms with Crippen molar-refractivity contribution in [1.82, 2.24) is 9.80 Å². The number of benzene rings is 1. The summed E-state index contributed by atoms with van der Waals surface area (Å²) in [6.07, 6.45) is -0.115. The molecule has 1 saturated heterocycles. The van der Waals surface area contributed by atoms with Crippen molar-refractivity contribution in [3.63, 3.8) is 0 Å². The lowest BCUT2D eigenvalue weighted by molar-refractivity contribution is -0.154. The second-order valence-corrected chi connectivity index (χ2v) is 7.06. The molecule has 158 valence electrons. The summed E-state index contributed by atoms with van der Waals surface area (Å²) in [7, 11) is 0. The molecule has 1 atom stereocenters. The Hall–Kier alpha value is -2.90. The smallest absolute Gasteiger partial charge is 0.307 e. The standard InChI is InChI=1S/C21H29N3O5/c1-4-17-5-7-18(8-6-17)22-21(28)15(2)29-20(27)10-9-19(26)24-13-11-23(12-14-24)16(3)25/h5-8,15H,4,9-14H2,1-3H3,(H,22,28)/t15-/m1/s1. The highest BCUT2D eigenvalue weighted by Gasteiger charge is 2.24. The molecule has 1 heterocycles. The molecule has 3 amide bonds. The summed E-state index contributed by atoms with van der Waals surface area (Å²) in [5.41, 5.74) is 1.80. The van der Waals surface area contributed by atoms with Gasteiger partial charge in [0.25, 0.3) is 5.91 Å². The summed E-state index contributed by atoms with van der Waals surface area (Å²) in [6.45, 7) is 6.98. The zero-order valence-corrected chi connectivity index (χ0v) is 17.3. The molecule has 1 aromatic carbocycles. The van der Waals surface area contributed by atoms with E-state index in [2.05, 4.69) is 5.32 Å². The third-order valence-corrected chi connectivity index (χ3v) is 4.93. The van der Waals surface area contributed by atoms with E-state index in [9.17, 15) is 19.2 Å². The van der Waals surface area contributed by atoms with Crippen LogP contribution < -0.4 is 5.32 Å². The Kier molecular flexibility index (Phi) is 8.18. The second kappa shape index (κ2) is 10.6. The van der Waals surface area contributed by atoms with E-state index >= 15 is 0 Å². The molecule has 1 N–H and O–H groups in total. The van der Waals surface area contributed by atoms with E-state index in [0.717, 1.165) is 12.0 Å². The first-order valence-electron chi connectivity index (χ1n) is 9.92. The SMILES string of the molecule is CCc1ccc(NC(=O)[C@@H](C)OC(=O)CCC(=O)N2CCN(C(C)=O)CC2)cc1. The van der Waals surface area contributed by atoms with Crippen LogP contribution in [-0.2, 0) is 30.3 Å². The molecule has 2 rings (SSSR count). The van der Waals surface area contributed by atoms with Crippen LogP contribution in [0.3, 0.4) is 0 Å². The van der Waals surface area contributed by atoms with Gasteiger partial charge in [0.15, 0.2) is 6.10 Å². The van der Waals surface area contributed by atoms with Crippen LogP contribution in [0.15, 0.2) is 24.3 Å². The van der Waals surface area contributed by atoms with Crippen molar-refractivity contribution in [2.75, 3.05) is 31.5 Å². The first-order valence-corrected chi connectivity index (χ1v) is 9.92. The fraction of sp³-hybridized carbons (Fsp3) is 0.524. The molecular weight excluding hydrogens is 374 g/mol. The predicted octanol–water partition coefficient (Wildman–Crippen LogP) is 1.59. The van der Waals surface area contributed by atoms with Gasteiger partial charge in [0, 0.05) is 45.2 Å². The fourth-order valence-corrected chi connectivity index (χ4v) is 3.02. The lowest BCUT2D eigenvalue weighted by Gasteiger charge is -2.34. The molecule has 0 radical (unpaired) electrons. The second-order valence-electron chi connectivity index (χ2n) is 7.06. The van der Waals surface area contributed by atoms with Crippen molar-refractivity contribution in [3.05, 3.63) is 29.8 Å². The third kappa shape index (κ3) is 6.89. The summed E-state index contributed by atoms with van der Waals surface area (Å²) in [5.74, 6) is -1.17. The Morgan fingerprint density at radius 1 is 1.00 bits per heavy atom. The average molecular weight is 403 g/mol. The van der Waals surface area contributed by atoms with E-state index in [4.69, 9.17) is 4.74 Å². The molecule has 1 aliphatic rings. The van der Waals surface area contributed by atoms with Crippen molar-refractivity contribution in [2.24, 2.45) is 0 Å². The number of ether oxygens (including phenoxy) is 1. The number of nitrogens with zero attached hydrogens (tertiary/aromatic N) is 2. The Balaban J connectivity index is 1.71. The number of anilines is 1. The molecule has 1 aliphatic heterocycles. The van der Waals surface area contributed by atoms with Crippen LogP contribution >= 0.6 is 0 Å². The molecule has 0 aliphatic carbocycles. The molecule has 8 nitrogen and oxygen atoms in total. The van der Waals surface area contributed by atoms with Gasteiger partial charge in [-0.2, -0.15) is 0 Å². The molecule has 29 heavy (non-hydrogen) atoms. The summed E-state index contributed by atoms with van der Waals surface area (Å²) < 4.78 is 5.14. The first-order chi connectivity index (χ1) is 13.8. The topological polar surface area (TPSA) is 96.0 Å². The van der Waals surface area contributed by atoms with E-state index in [-0.39, 0.29) is 24.7 Å². The van der Waals surface area contributed by atoms with Crippen LogP contribution in [0.2, 0.25) is 0 Å². The molecule has 0 aromatic heterocycles. The number of rotatable bonds is 7. The number of hydrogen-bond acceptors (Lipinski definition) is 5. The van der Waals surface area contributed by atoms with Gasteiger partial charge in [0.1, 0.15) is 0 Å². The molecule has 8 heteroatoms. The predicted molar refractivity (Wildman–Crippen MR) is 108 cm³/mol. The number of nitrogens with one attached hydrogen (secondary N) is 1. The number of hydrogen-bond donors (Lipinski definition) is 1. The van der Waals surface area contributed by atoms with Gasteiger partial charge in [0.05, 0.1) is 6.42 Å². The Morgan fingerprint density at radius 3 is 2.14 bits per heavy atom. The van der Waals surface area contributed by atoms with E-state index in [0.29, 0.717) is 31.9 Å². The van der Waals surface area contributed by atoms with Gasteiger partial charge in [-0.1, -0.05) is 19.1 Å². The van der Waals surface area contributed by atoms with Crippen LogP contribution in [-0.4, -0.2) is 65.8 Å². The molecule has 0 unspecified atom stereocenters. The summed E-state index contributed by atoms with van der Waals surface area (Å²) >= 11 is 0. The van der Waals surface area contributed by atoms with Crippen molar-refractivity contribution >= 4 is 29.4 Å². The number of esters is 1. The molecule has 1 fully saturated rings. The molecule has 1 aromatic rings. The number of amides is 3. The maximum atomic E-state index is 12.2. The number of piperazine rings is 1. The quantitative estimate of drug-likeness (QED) is 0.698. The van der Waals surface area contributed by atoms with E-state index in [1.807, 2.05) is 19.1 Å². The highest BCUT2D eigenvalue weighted by Crippen LogP contribution is 2.11. The zero-order chi connectivity index (χ0) is 21.4. The molecular formula is C21H29N3O5. The largest absolute Gasteiger partial charge is 0.453 e. The van der Waals surface area contributed by atoms with Gasteiger partial charge in [-0.25, -0.2) is 0 Å². The van der Waals surface area contributed by atoms with Gasteiger partial charge in [-0.15, -0.1) is 0 Å². The van der Waals surface area contributed by atoms with Gasteiger partial charge in [0.2, 0.25) is 11.8 Å². The molecule has 0 bridgehead atoms. The van der Waals surface area contributed by atoms with Crippen LogP contribution in [0, 0.1) is 0 Å². The normalized spacial score (nSPS) is 14.9. The Bertz CT molecular complexity index is 739. The van der Waals surface area contributed by atoms with Gasteiger partial charge in [-0.05, 0) is 31.0 Å². The highest BCUT2D eigenvalue weighted by molar-refractivity contribution is 5.95. The minimum atomic E-state index is -0.956. The Labute approximate surface area is 171 Å². The zero-order valence-electron chi connectivity index (χ0n) is 17.3. The average Bonchev–Trinajstić information content (AvgIpc) is 2.72. The number of carbonyl (C=O) groups excluding carboxylic acids is 4. The maximum absolute atomic E-state index is 12.2. The van der Waals surface area contributed by atoms with Crippen molar-refractivity contribution in [3.8, 4) is 0 Å². The van der Waals surface area contributed by atoms with Gasteiger partial charge < -0.3 is 19.9 Å². The minimum absolute atomic E-state index is 0.00533. The Morgan fingerprint density at radius 2 is 1.59 bits per heavy atom. The van der Waals surface area contributed by atoms with Crippen LogP contribution in [0.5, 0.6) is 0 Å². The maximum Gasteiger partial charge on any atom is 0.307 e. The third-order valence-electron chi connectivity index (χ3n) is 4.93. The number of aryl methyl sites for hydroxylation is 1. The summed E-state index contributed by atoms with van der Waals surface area (Å²) in [5, 5.41) is 2.70. The van der Waals surface area contributed by atoms with Crippen LogP contribution in [0.25, 0.3) is 0 Å².